The molecule has 8 nitrogen and oxygen atoms in total. The first-order valence-electron chi connectivity index (χ1n) is 12.1. The number of fused-ring (bicyclic) bond motifs is 3. The molecule has 4 rings (SSSR count). The van der Waals surface area contributed by atoms with Crippen molar-refractivity contribution < 1.29 is 29.0 Å². The van der Waals surface area contributed by atoms with Crippen LogP contribution in [0, 0.1) is 5.41 Å². The highest BCUT2D eigenvalue weighted by molar-refractivity contribution is 5.81. The van der Waals surface area contributed by atoms with E-state index in [0.29, 0.717) is 19.4 Å². The molecule has 1 unspecified atom stereocenters. The Morgan fingerprint density at radius 2 is 1.71 bits per heavy atom. The van der Waals surface area contributed by atoms with Gasteiger partial charge in [-0.15, -0.1) is 0 Å². The minimum atomic E-state index is -0.842. The van der Waals surface area contributed by atoms with Gasteiger partial charge in [0.1, 0.15) is 6.61 Å². The monoisotopic (exact) mass is 480 g/mol. The van der Waals surface area contributed by atoms with Crippen molar-refractivity contribution in [2.75, 3.05) is 39.5 Å². The molecule has 1 aliphatic carbocycles. The zero-order valence-corrected chi connectivity index (χ0v) is 20.0. The molecular weight excluding hydrogens is 448 g/mol. The average molecular weight is 481 g/mol. The van der Waals surface area contributed by atoms with Crippen LogP contribution in [0.5, 0.6) is 0 Å². The average Bonchev–Trinajstić information content (AvgIpc) is 3.46. The minimum Gasteiger partial charge on any atom is -0.481 e. The number of carboxylic acids is 1. The van der Waals surface area contributed by atoms with Crippen molar-refractivity contribution >= 4 is 18.0 Å². The van der Waals surface area contributed by atoms with E-state index in [1.807, 2.05) is 31.2 Å². The van der Waals surface area contributed by atoms with Crippen LogP contribution < -0.4 is 5.32 Å². The molecule has 35 heavy (non-hydrogen) atoms. The first-order valence-corrected chi connectivity index (χ1v) is 12.1. The van der Waals surface area contributed by atoms with Gasteiger partial charge in [0.15, 0.2) is 0 Å². The molecule has 186 valence electrons. The van der Waals surface area contributed by atoms with Gasteiger partial charge in [0.05, 0.1) is 25.0 Å². The Labute approximate surface area is 205 Å². The molecule has 0 aromatic heterocycles. The summed E-state index contributed by atoms with van der Waals surface area (Å²) < 4.78 is 11.0. The number of rotatable bonds is 10. The molecular formula is C27H32N2O6. The van der Waals surface area contributed by atoms with Crippen molar-refractivity contribution in [3.05, 3.63) is 59.7 Å². The summed E-state index contributed by atoms with van der Waals surface area (Å²) in [4.78, 5) is 37.7. The third kappa shape index (κ3) is 5.32. The summed E-state index contributed by atoms with van der Waals surface area (Å²) in [6, 6.07) is 16.3. The van der Waals surface area contributed by atoms with Crippen molar-refractivity contribution in [3.63, 3.8) is 0 Å². The molecule has 2 aromatic rings. The van der Waals surface area contributed by atoms with Crippen LogP contribution in [0.25, 0.3) is 11.1 Å². The SMILES string of the molecule is CCC1(C(=O)O)CCN(C(=O)CCOCCNC(=O)OCC2c3ccccc3-c3ccccc32)C1. The number of nitrogens with one attached hydrogen (secondary N) is 1. The fourth-order valence-electron chi connectivity index (χ4n) is 4.99. The smallest absolute Gasteiger partial charge is 0.407 e. The van der Waals surface area contributed by atoms with Crippen LogP contribution in [0.15, 0.2) is 48.5 Å². The Morgan fingerprint density at radius 3 is 2.31 bits per heavy atom. The number of carbonyl (C=O) groups excluding carboxylic acids is 2. The number of amides is 2. The van der Waals surface area contributed by atoms with Crippen molar-refractivity contribution in [1.29, 1.82) is 0 Å². The van der Waals surface area contributed by atoms with Crippen molar-refractivity contribution in [2.24, 2.45) is 5.41 Å². The normalized spacial score (nSPS) is 18.7. The third-order valence-corrected chi connectivity index (χ3v) is 7.16. The van der Waals surface area contributed by atoms with E-state index in [-0.39, 0.29) is 51.2 Å². The van der Waals surface area contributed by atoms with Gasteiger partial charge >= 0.3 is 12.1 Å². The summed E-state index contributed by atoms with van der Waals surface area (Å²) in [5.41, 5.74) is 3.84. The van der Waals surface area contributed by atoms with Crippen LogP contribution in [0.4, 0.5) is 4.79 Å². The maximum Gasteiger partial charge on any atom is 0.407 e. The first kappa shape index (κ1) is 24.7. The molecule has 2 aliphatic rings. The molecule has 2 amide bonds. The number of ether oxygens (including phenoxy) is 2. The lowest BCUT2D eigenvalue weighted by Crippen LogP contribution is -2.36. The quantitative estimate of drug-likeness (QED) is 0.503. The van der Waals surface area contributed by atoms with E-state index in [1.165, 1.54) is 11.1 Å². The van der Waals surface area contributed by atoms with E-state index in [0.717, 1.165) is 11.1 Å². The number of alkyl carbamates (subject to hydrolysis) is 1. The summed E-state index contributed by atoms with van der Waals surface area (Å²) in [5, 5.41) is 12.1. The number of hydrogen-bond donors (Lipinski definition) is 2. The van der Waals surface area contributed by atoms with Gasteiger partial charge in [-0.05, 0) is 35.1 Å². The van der Waals surface area contributed by atoms with Crippen LogP contribution >= 0.6 is 0 Å². The van der Waals surface area contributed by atoms with Gasteiger partial charge in [-0.25, -0.2) is 4.79 Å². The molecule has 1 fully saturated rings. The Balaban J connectivity index is 1.13. The summed E-state index contributed by atoms with van der Waals surface area (Å²) >= 11 is 0. The van der Waals surface area contributed by atoms with Crippen LogP contribution in [0.1, 0.15) is 43.2 Å². The Kier molecular flexibility index (Phi) is 7.70. The lowest BCUT2D eigenvalue weighted by molar-refractivity contribution is -0.148. The van der Waals surface area contributed by atoms with Crippen LogP contribution in [0.2, 0.25) is 0 Å². The molecule has 1 saturated heterocycles. The number of hydrogen-bond acceptors (Lipinski definition) is 5. The molecule has 0 spiro atoms. The van der Waals surface area contributed by atoms with E-state index >= 15 is 0 Å². The highest BCUT2D eigenvalue weighted by Gasteiger charge is 2.44. The van der Waals surface area contributed by atoms with Gasteiger partial charge in [0.25, 0.3) is 0 Å². The molecule has 1 heterocycles. The van der Waals surface area contributed by atoms with Gasteiger partial charge in [0.2, 0.25) is 5.91 Å². The molecule has 0 saturated carbocycles. The number of carboxylic acid groups (broad SMARTS) is 1. The second kappa shape index (κ2) is 10.9. The van der Waals surface area contributed by atoms with E-state index in [9.17, 15) is 19.5 Å². The molecule has 0 bridgehead atoms. The van der Waals surface area contributed by atoms with Crippen LogP contribution in [-0.2, 0) is 19.1 Å². The van der Waals surface area contributed by atoms with E-state index in [4.69, 9.17) is 9.47 Å². The molecule has 8 heteroatoms. The molecule has 1 atom stereocenters. The number of carbonyl (C=O) groups is 3. The van der Waals surface area contributed by atoms with Gasteiger partial charge in [-0.2, -0.15) is 0 Å². The lowest BCUT2D eigenvalue weighted by atomic mass is 9.84. The maximum atomic E-state index is 12.4. The highest BCUT2D eigenvalue weighted by Crippen LogP contribution is 2.44. The van der Waals surface area contributed by atoms with E-state index in [2.05, 4.69) is 29.6 Å². The van der Waals surface area contributed by atoms with Crippen LogP contribution in [0.3, 0.4) is 0 Å². The van der Waals surface area contributed by atoms with Crippen molar-refractivity contribution in [1.82, 2.24) is 10.2 Å². The third-order valence-electron chi connectivity index (χ3n) is 7.16. The van der Waals surface area contributed by atoms with Gasteiger partial charge in [-0.1, -0.05) is 55.5 Å². The van der Waals surface area contributed by atoms with Crippen LogP contribution in [-0.4, -0.2) is 67.4 Å². The summed E-state index contributed by atoms with van der Waals surface area (Å²) in [6.07, 6.45) is 0.664. The van der Waals surface area contributed by atoms with Gasteiger partial charge in [0, 0.05) is 25.6 Å². The second-order valence-electron chi connectivity index (χ2n) is 9.12. The summed E-state index contributed by atoms with van der Waals surface area (Å²) in [5.74, 6) is -0.939. The predicted octanol–water partition coefficient (Wildman–Crippen LogP) is 3.65. The minimum absolute atomic E-state index is 0.00794. The van der Waals surface area contributed by atoms with E-state index < -0.39 is 17.5 Å². The summed E-state index contributed by atoms with van der Waals surface area (Å²) in [6.45, 7) is 3.55. The zero-order chi connectivity index (χ0) is 24.8. The number of aliphatic carboxylic acids is 1. The largest absolute Gasteiger partial charge is 0.481 e. The fraction of sp³-hybridized carbons (Fsp3) is 0.444. The number of nitrogens with zero attached hydrogens (tertiary/aromatic N) is 1. The lowest BCUT2D eigenvalue weighted by Gasteiger charge is -2.23. The van der Waals surface area contributed by atoms with Gasteiger partial charge in [-0.3, -0.25) is 9.59 Å². The Morgan fingerprint density at radius 1 is 1.06 bits per heavy atom. The maximum absolute atomic E-state index is 12.4. The Hall–Kier alpha value is -3.39. The standard InChI is InChI=1S/C27H32N2O6/c1-2-27(25(31)32)12-14-29(18-27)24(30)11-15-34-16-13-28-26(33)35-17-23-21-9-5-3-7-19(21)20-8-4-6-10-22(20)23/h3-10,23H,2,11-18H2,1H3,(H,28,33)(H,31,32). The number of benzene rings is 2. The van der Waals surface area contributed by atoms with Gasteiger partial charge < -0.3 is 24.8 Å². The second-order valence-corrected chi connectivity index (χ2v) is 9.12. The fourth-order valence-corrected chi connectivity index (χ4v) is 4.99. The molecule has 2 N–H and O–H groups in total. The zero-order valence-electron chi connectivity index (χ0n) is 20.0. The predicted molar refractivity (Wildman–Crippen MR) is 130 cm³/mol. The van der Waals surface area contributed by atoms with E-state index in [1.54, 1.807) is 4.90 Å². The molecule has 2 aromatic carbocycles. The van der Waals surface area contributed by atoms with Crippen molar-refractivity contribution in [2.45, 2.75) is 32.1 Å². The topological polar surface area (TPSA) is 105 Å². The molecule has 0 radical (unpaired) electrons. The highest BCUT2D eigenvalue weighted by atomic mass is 16.5. The summed E-state index contributed by atoms with van der Waals surface area (Å²) in [7, 11) is 0. The number of likely N-dealkylation sites (tertiary alicyclic amines) is 1. The van der Waals surface area contributed by atoms with Crippen molar-refractivity contribution in [3.8, 4) is 11.1 Å². The first-order chi connectivity index (χ1) is 16.9. The Bertz CT molecular complexity index is 1040. The molecule has 1 aliphatic heterocycles.